The fraction of sp³-hybridized carbons (Fsp3) is 0.400. The summed E-state index contributed by atoms with van der Waals surface area (Å²) >= 11 is 1.51. The first-order chi connectivity index (χ1) is 19.2. The second-order valence-electron chi connectivity index (χ2n) is 10.4. The van der Waals surface area contributed by atoms with E-state index in [0.29, 0.717) is 5.57 Å². The number of benzene rings is 2. The number of carbonyl (C=O) groups excluding carboxylic acids is 1. The molecule has 0 spiro atoms. The van der Waals surface area contributed by atoms with E-state index in [-0.39, 0.29) is 18.7 Å². The van der Waals surface area contributed by atoms with E-state index in [2.05, 4.69) is 58.6 Å². The highest BCUT2D eigenvalue weighted by Gasteiger charge is 2.37. The molecule has 2 fully saturated rings. The number of fused-ring (bicyclic) bond motifs is 1. The summed E-state index contributed by atoms with van der Waals surface area (Å²) in [5, 5.41) is 44.2. The number of nitrogens with one attached hydrogen (secondary N) is 1. The fourth-order valence-electron chi connectivity index (χ4n) is 5.10. The summed E-state index contributed by atoms with van der Waals surface area (Å²) in [6.45, 7) is 5.66. The SMILES string of the molecule is C/C(=C(/C#N)C(=O)NC[C@H]1OC[C@H](O)[C@@H](O)[C@@H]1O)c1ccc(-c2ccc3cc(N4CCN(C)CC4)ccc3c2)s1. The molecule has 0 unspecified atom stereocenters. The molecule has 2 aliphatic rings. The van der Waals surface area contributed by atoms with Crippen LogP contribution in [0.5, 0.6) is 0 Å². The quantitative estimate of drug-likeness (QED) is 0.266. The van der Waals surface area contributed by atoms with Crippen LogP contribution < -0.4 is 10.2 Å². The lowest BCUT2D eigenvalue weighted by Gasteiger charge is -2.35. The van der Waals surface area contributed by atoms with Crippen LogP contribution in [0.1, 0.15) is 11.8 Å². The third-order valence-electron chi connectivity index (χ3n) is 7.74. The largest absolute Gasteiger partial charge is 0.388 e. The third-order valence-corrected chi connectivity index (χ3v) is 8.99. The van der Waals surface area contributed by atoms with Gasteiger partial charge in [-0.1, -0.05) is 18.2 Å². The molecular formula is C30H34N4O5S. The van der Waals surface area contributed by atoms with Gasteiger partial charge in [-0.05, 0) is 66.2 Å². The Morgan fingerprint density at radius 1 is 1.05 bits per heavy atom. The fourth-order valence-corrected chi connectivity index (χ4v) is 6.11. The Bertz CT molecular complexity index is 1460. The van der Waals surface area contributed by atoms with Crippen molar-refractivity contribution in [2.75, 3.05) is 51.3 Å². The molecular weight excluding hydrogens is 528 g/mol. The first-order valence-corrected chi connectivity index (χ1v) is 14.2. The monoisotopic (exact) mass is 562 g/mol. The van der Waals surface area contributed by atoms with E-state index in [1.165, 1.54) is 22.4 Å². The number of nitriles is 1. The number of rotatable bonds is 6. The van der Waals surface area contributed by atoms with Crippen molar-refractivity contribution in [2.45, 2.75) is 31.3 Å². The van der Waals surface area contributed by atoms with Gasteiger partial charge >= 0.3 is 0 Å². The number of likely N-dealkylation sites (N-methyl/N-ethyl adjacent to an activating group) is 1. The number of ether oxygens (including phenoxy) is 1. The molecule has 2 aliphatic heterocycles. The highest BCUT2D eigenvalue weighted by molar-refractivity contribution is 7.16. The summed E-state index contributed by atoms with van der Waals surface area (Å²) in [5.74, 6) is -0.590. The molecule has 210 valence electrons. The van der Waals surface area contributed by atoms with Crippen LogP contribution in [-0.4, -0.2) is 96.9 Å². The van der Waals surface area contributed by atoms with Crippen LogP contribution in [0.4, 0.5) is 5.69 Å². The molecule has 0 bridgehead atoms. The van der Waals surface area contributed by atoms with Crippen LogP contribution in [0, 0.1) is 11.3 Å². The molecule has 0 saturated carbocycles. The minimum atomic E-state index is -1.36. The molecule has 2 saturated heterocycles. The number of allylic oxidation sites excluding steroid dienone is 1. The third kappa shape index (κ3) is 5.90. The number of anilines is 1. The average molecular weight is 563 g/mol. The van der Waals surface area contributed by atoms with Crippen molar-refractivity contribution in [3.63, 3.8) is 0 Å². The molecule has 2 aromatic carbocycles. The van der Waals surface area contributed by atoms with Gasteiger partial charge in [-0.25, -0.2) is 0 Å². The first kappa shape index (κ1) is 28.2. The highest BCUT2D eigenvalue weighted by Crippen LogP contribution is 2.35. The normalized spacial score (nSPS) is 24.4. The molecule has 0 radical (unpaired) electrons. The van der Waals surface area contributed by atoms with Crippen molar-refractivity contribution in [1.82, 2.24) is 10.2 Å². The molecule has 0 aliphatic carbocycles. The van der Waals surface area contributed by atoms with Gasteiger partial charge in [0.2, 0.25) is 0 Å². The summed E-state index contributed by atoms with van der Waals surface area (Å²) in [5.41, 5.74) is 2.83. The maximum absolute atomic E-state index is 12.8. The summed E-state index contributed by atoms with van der Waals surface area (Å²) in [6, 6.07) is 18.9. The highest BCUT2D eigenvalue weighted by atomic mass is 32.1. The van der Waals surface area contributed by atoms with Gasteiger partial charge < -0.3 is 35.2 Å². The molecule has 4 atom stereocenters. The van der Waals surface area contributed by atoms with Crippen molar-refractivity contribution in [2.24, 2.45) is 0 Å². The van der Waals surface area contributed by atoms with Crippen molar-refractivity contribution >= 4 is 39.3 Å². The predicted octanol–water partition coefficient (Wildman–Crippen LogP) is 2.21. The predicted molar refractivity (Wildman–Crippen MR) is 156 cm³/mol. The van der Waals surface area contributed by atoms with Crippen molar-refractivity contribution < 1.29 is 24.9 Å². The Labute approximate surface area is 237 Å². The van der Waals surface area contributed by atoms with Crippen molar-refractivity contribution in [3.05, 3.63) is 59.0 Å². The molecule has 10 heteroatoms. The molecule has 1 amide bonds. The molecule has 3 heterocycles. The van der Waals surface area contributed by atoms with Crippen LogP contribution in [-0.2, 0) is 9.53 Å². The average Bonchev–Trinajstić information content (AvgIpc) is 3.46. The molecule has 5 rings (SSSR count). The van der Waals surface area contributed by atoms with E-state index in [0.717, 1.165) is 46.9 Å². The number of thiophene rings is 1. The number of aliphatic hydroxyl groups is 3. The summed E-state index contributed by atoms with van der Waals surface area (Å²) in [7, 11) is 2.15. The zero-order valence-corrected chi connectivity index (χ0v) is 23.4. The molecule has 9 nitrogen and oxygen atoms in total. The number of aliphatic hydroxyl groups excluding tert-OH is 3. The Morgan fingerprint density at radius 2 is 1.77 bits per heavy atom. The summed E-state index contributed by atoms with van der Waals surface area (Å²) in [4.78, 5) is 19.4. The molecule has 40 heavy (non-hydrogen) atoms. The Kier molecular flexibility index (Phi) is 8.51. The van der Waals surface area contributed by atoms with E-state index in [9.17, 15) is 25.4 Å². The molecule has 3 aromatic rings. The zero-order chi connectivity index (χ0) is 28.4. The second-order valence-corrected chi connectivity index (χ2v) is 11.5. The zero-order valence-electron chi connectivity index (χ0n) is 22.6. The second kappa shape index (κ2) is 12.1. The maximum atomic E-state index is 12.8. The number of carbonyl (C=O) groups is 1. The van der Waals surface area contributed by atoms with Crippen LogP contribution in [0.15, 0.2) is 54.1 Å². The molecule has 4 N–H and O–H groups in total. The number of amides is 1. The van der Waals surface area contributed by atoms with Crippen LogP contribution in [0.25, 0.3) is 26.8 Å². The van der Waals surface area contributed by atoms with Crippen molar-refractivity contribution in [3.8, 4) is 16.5 Å². The van der Waals surface area contributed by atoms with Gasteiger partial charge in [0.15, 0.2) is 0 Å². The van der Waals surface area contributed by atoms with Gasteiger partial charge in [0.1, 0.15) is 36.1 Å². The maximum Gasteiger partial charge on any atom is 0.262 e. The first-order valence-electron chi connectivity index (χ1n) is 13.4. The smallest absolute Gasteiger partial charge is 0.262 e. The Balaban J connectivity index is 1.29. The number of hydrogen-bond acceptors (Lipinski definition) is 9. The van der Waals surface area contributed by atoms with Gasteiger partial charge in [0.25, 0.3) is 5.91 Å². The van der Waals surface area contributed by atoms with Gasteiger partial charge in [-0.2, -0.15) is 5.26 Å². The van der Waals surface area contributed by atoms with Crippen LogP contribution >= 0.6 is 11.3 Å². The van der Waals surface area contributed by atoms with E-state index in [1.54, 1.807) is 6.92 Å². The minimum absolute atomic E-state index is 0.0331. The summed E-state index contributed by atoms with van der Waals surface area (Å²) < 4.78 is 5.33. The van der Waals surface area contributed by atoms with E-state index >= 15 is 0 Å². The lowest BCUT2D eigenvalue weighted by Crippen LogP contribution is -2.56. The van der Waals surface area contributed by atoms with Crippen molar-refractivity contribution in [1.29, 1.82) is 5.26 Å². The van der Waals surface area contributed by atoms with Gasteiger partial charge in [-0.3, -0.25) is 4.79 Å². The Morgan fingerprint density at radius 3 is 2.52 bits per heavy atom. The van der Waals surface area contributed by atoms with Gasteiger partial charge in [0, 0.05) is 48.2 Å². The van der Waals surface area contributed by atoms with E-state index in [4.69, 9.17) is 4.74 Å². The number of nitrogens with zero attached hydrogens (tertiary/aromatic N) is 3. The minimum Gasteiger partial charge on any atom is -0.388 e. The summed E-state index contributed by atoms with van der Waals surface area (Å²) in [6.07, 6.45) is -4.78. The van der Waals surface area contributed by atoms with E-state index in [1.807, 2.05) is 18.2 Å². The standard InChI is InChI=1S/C30H34N4O5S/c1-18(23(15-31)30(38)32-16-25-29(37)28(36)24(35)17-39-25)26-7-8-27(40-26)21-4-3-20-14-22(6-5-19(20)13-21)34-11-9-33(2)10-12-34/h3-8,13-14,24-25,28-29,35-37H,9-12,16-17H2,1-2H3,(H,32,38)/b23-18+/t24-,25+,28+,29+/m0/s1. The number of hydrogen-bond donors (Lipinski definition) is 4. The van der Waals surface area contributed by atoms with Crippen LogP contribution in [0.3, 0.4) is 0 Å². The van der Waals surface area contributed by atoms with Crippen LogP contribution in [0.2, 0.25) is 0 Å². The topological polar surface area (TPSA) is 129 Å². The van der Waals surface area contributed by atoms with Gasteiger partial charge in [-0.15, -0.1) is 11.3 Å². The lowest BCUT2D eigenvalue weighted by molar-refractivity contribution is -0.185. The lowest BCUT2D eigenvalue weighted by atomic mass is 10.00. The molecule has 1 aromatic heterocycles. The Hall–Kier alpha value is -3.30. The van der Waals surface area contributed by atoms with Gasteiger partial charge in [0.05, 0.1) is 6.61 Å². The number of piperazine rings is 1. The van der Waals surface area contributed by atoms with E-state index < -0.39 is 30.3 Å².